The molecule has 0 aromatic heterocycles. The molecule has 0 radical (unpaired) electrons. The first-order valence-electron chi connectivity index (χ1n) is 5.92. The summed E-state index contributed by atoms with van der Waals surface area (Å²) < 4.78 is 0.430. The van der Waals surface area contributed by atoms with Crippen LogP contribution in [0.5, 0.6) is 11.5 Å². The highest BCUT2D eigenvalue weighted by Gasteiger charge is 2.35. The summed E-state index contributed by atoms with van der Waals surface area (Å²) in [6, 6.07) is 4.96. The molecule has 1 aliphatic carbocycles. The molecule has 3 nitrogen and oxygen atoms in total. The Morgan fingerprint density at radius 2 is 2.06 bits per heavy atom. The Kier molecular flexibility index (Phi) is 3.84. The van der Waals surface area contributed by atoms with Crippen LogP contribution in [0.15, 0.2) is 18.2 Å². The zero-order chi connectivity index (χ0) is 12.3. The van der Waals surface area contributed by atoms with Crippen molar-refractivity contribution in [2.24, 2.45) is 0 Å². The molecule has 0 spiro atoms. The summed E-state index contributed by atoms with van der Waals surface area (Å²) in [5, 5.41) is 22.0. The van der Waals surface area contributed by atoms with Crippen molar-refractivity contribution in [3.63, 3.8) is 0 Å². The van der Waals surface area contributed by atoms with Gasteiger partial charge in [0.25, 0.3) is 0 Å². The number of phenolic OH excluding ortho intramolecular Hbond substituents is 2. The molecule has 0 heterocycles. The van der Waals surface area contributed by atoms with Crippen molar-refractivity contribution in [3.05, 3.63) is 23.8 Å². The van der Waals surface area contributed by atoms with Crippen molar-refractivity contribution in [1.82, 2.24) is 5.32 Å². The van der Waals surface area contributed by atoms with Gasteiger partial charge in [-0.15, -0.1) is 0 Å². The fraction of sp³-hybridized carbons (Fsp3) is 0.538. The van der Waals surface area contributed by atoms with Gasteiger partial charge in [0.2, 0.25) is 0 Å². The lowest BCUT2D eigenvalue weighted by Crippen LogP contribution is -2.43. The molecule has 17 heavy (non-hydrogen) atoms. The Morgan fingerprint density at radius 3 is 2.59 bits per heavy atom. The number of aromatic hydroxyl groups is 2. The molecule has 1 aromatic rings. The predicted octanol–water partition coefficient (Wildman–Crippen LogP) is 2.47. The number of phenols is 2. The van der Waals surface area contributed by atoms with Crippen molar-refractivity contribution in [3.8, 4) is 11.5 Å². The molecule has 0 atom stereocenters. The van der Waals surface area contributed by atoms with Gasteiger partial charge >= 0.3 is 0 Å². The van der Waals surface area contributed by atoms with Gasteiger partial charge in [-0.3, -0.25) is 0 Å². The third-order valence-electron chi connectivity index (χ3n) is 3.51. The highest BCUT2D eigenvalue weighted by molar-refractivity contribution is 8.00. The number of rotatable bonds is 5. The van der Waals surface area contributed by atoms with E-state index >= 15 is 0 Å². The van der Waals surface area contributed by atoms with Gasteiger partial charge in [-0.2, -0.15) is 11.8 Å². The summed E-state index contributed by atoms with van der Waals surface area (Å²) in [6.45, 7) is 1.74. The maximum Gasteiger partial charge on any atom is 0.157 e. The lowest BCUT2D eigenvalue weighted by atomic mass is 9.84. The largest absolute Gasteiger partial charge is 0.504 e. The van der Waals surface area contributed by atoms with Crippen LogP contribution in [0.2, 0.25) is 0 Å². The third kappa shape index (κ3) is 2.87. The Hall–Kier alpha value is -0.870. The molecule has 0 bridgehead atoms. The van der Waals surface area contributed by atoms with Gasteiger partial charge in [-0.25, -0.2) is 0 Å². The fourth-order valence-electron chi connectivity index (χ4n) is 2.14. The van der Waals surface area contributed by atoms with E-state index in [-0.39, 0.29) is 11.5 Å². The van der Waals surface area contributed by atoms with Crippen LogP contribution in [0.1, 0.15) is 24.8 Å². The van der Waals surface area contributed by atoms with Crippen LogP contribution in [0.4, 0.5) is 0 Å². The molecule has 0 aliphatic heterocycles. The Bertz CT molecular complexity index is 385. The second-order valence-electron chi connectivity index (χ2n) is 4.67. The molecule has 1 aliphatic rings. The van der Waals surface area contributed by atoms with E-state index in [4.69, 9.17) is 0 Å². The Morgan fingerprint density at radius 1 is 1.29 bits per heavy atom. The van der Waals surface area contributed by atoms with Crippen LogP contribution in [-0.4, -0.2) is 27.8 Å². The molecule has 0 amide bonds. The minimum Gasteiger partial charge on any atom is -0.504 e. The molecule has 1 saturated carbocycles. The zero-order valence-electron chi connectivity index (χ0n) is 10.1. The van der Waals surface area contributed by atoms with E-state index < -0.39 is 0 Å². The van der Waals surface area contributed by atoms with Crippen LogP contribution in [-0.2, 0) is 6.54 Å². The second kappa shape index (κ2) is 5.19. The molecule has 0 unspecified atom stereocenters. The van der Waals surface area contributed by atoms with E-state index in [9.17, 15) is 10.2 Å². The van der Waals surface area contributed by atoms with Crippen molar-refractivity contribution < 1.29 is 10.2 Å². The van der Waals surface area contributed by atoms with E-state index in [1.165, 1.54) is 25.3 Å². The number of hydrogen-bond donors (Lipinski definition) is 3. The Balaban J connectivity index is 1.83. The van der Waals surface area contributed by atoms with Gasteiger partial charge in [0, 0.05) is 17.8 Å². The van der Waals surface area contributed by atoms with E-state index in [1.807, 2.05) is 17.8 Å². The van der Waals surface area contributed by atoms with Gasteiger partial charge in [-0.1, -0.05) is 12.5 Å². The number of nitrogens with one attached hydrogen (secondary N) is 1. The van der Waals surface area contributed by atoms with Gasteiger partial charge in [-0.05, 0) is 36.8 Å². The van der Waals surface area contributed by atoms with Crippen LogP contribution in [0.25, 0.3) is 0 Å². The van der Waals surface area contributed by atoms with E-state index in [0.717, 1.165) is 18.7 Å². The Labute approximate surface area is 106 Å². The average molecular weight is 253 g/mol. The van der Waals surface area contributed by atoms with Crippen LogP contribution >= 0.6 is 11.8 Å². The van der Waals surface area contributed by atoms with Gasteiger partial charge in [0.1, 0.15) is 0 Å². The van der Waals surface area contributed by atoms with Gasteiger partial charge in [0.05, 0.1) is 0 Å². The normalized spacial score (nSPS) is 17.7. The quantitative estimate of drug-likeness (QED) is 0.706. The molecule has 3 N–H and O–H groups in total. The third-order valence-corrected chi connectivity index (χ3v) is 4.93. The molecule has 2 rings (SSSR count). The van der Waals surface area contributed by atoms with Crippen LogP contribution in [0.3, 0.4) is 0 Å². The monoisotopic (exact) mass is 253 g/mol. The first-order chi connectivity index (χ1) is 8.15. The number of thioether (sulfide) groups is 1. The number of hydrogen-bond acceptors (Lipinski definition) is 4. The topological polar surface area (TPSA) is 52.5 Å². The molecular formula is C13H19NO2S. The fourth-order valence-corrected chi connectivity index (χ4v) is 3.08. The SMILES string of the molecule is CSC1(CNCc2ccc(O)c(O)c2)CCC1. The predicted molar refractivity (Wildman–Crippen MR) is 71.6 cm³/mol. The van der Waals surface area contributed by atoms with Crippen molar-refractivity contribution in [1.29, 1.82) is 0 Å². The molecular weight excluding hydrogens is 234 g/mol. The zero-order valence-corrected chi connectivity index (χ0v) is 10.9. The summed E-state index contributed by atoms with van der Waals surface area (Å²) in [4.78, 5) is 0. The van der Waals surface area contributed by atoms with Crippen molar-refractivity contribution in [2.45, 2.75) is 30.6 Å². The maximum absolute atomic E-state index is 9.38. The molecule has 1 aromatic carbocycles. The van der Waals surface area contributed by atoms with Crippen molar-refractivity contribution >= 4 is 11.8 Å². The van der Waals surface area contributed by atoms with E-state index in [1.54, 1.807) is 6.07 Å². The van der Waals surface area contributed by atoms with E-state index in [0.29, 0.717) is 4.75 Å². The van der Waals surface area contributed by atoms with E-state index in [2.05, 4.69) is 11.6 Å². The van der Waals surface area contributed by atoms with Crippen LogP contribution in [0, 0.1) is 0 Å². The smallest absolute Gasteiger partial charge is 0.157 e. The summed E-state index contributed by atoms with van der Waals surface area (Å²) in [5.74, 6) is -0.110. The summed E-state index contributed by atoms with van der Waals surface area (Å²) >= 11 is 1.95. The van der Waals surface area contributed by atoms with Gasteiger partial charge < -0.3 is 15.5 Å². The second-order valence-corrected chi connectivity index (χ2v) is 5.94. The first-order valence-corrected chi connectivity index (χ1v) is 7.14. The highest BCUT2D eigenvalue weighted by Crippen LogP contribution is 2.42. The molecule has 4 heteroatoms. The van der Waals surface area contributed by atoms with Gasteiger partial charge in [0.15, 0.2) is 11.5 Å². The van der Waals surface area contributed by atoms with Crippen molar-refractivity contribution in [2.75, 3.05) is 12.8 Å². The average Bonchev–Trinajstić information content (AvgIpc) is 2.27. The minimum atomic E-state index is -0.0617. The maximum atomic E-state index is 9.38. The summed E-state index contributed by atoms with van der Waals surface area (Å²) in [7, 11) is 0. The highest BCUT2D eigenvalue weighted by atomic mass is 32.2. The molecule has 1 fully saturated rings. The standard InChI is InChI=1S/C13H19NO2S/c1-17-13(5-2-6-13)9-14-8-10-3-4-11(15)12(16)7-10/h3-4,7,14-16H,2,5-6,8-9H2,1H3. The molecule has 94 valence electrons. The number of benzene rings is 1. The lowest BCUT2D eigenvalue weighted by molar-refractivity contribution is 0.345. The minimum absolute atomic E-state index is 0.0486. The first kappa shape index (κ1) is 12.6. The summed E-state index contributed by atoms with van der Waals surface area (Å²) in [5.41, 5.74) is 0.996. The lowest BCUT2D eigenvalue weighted by Gasteiger charge is -2.40. The molecule has 0 saturated heterocycles. The van der Waals surface area contributed by atoms with Crippen LogP contribution < -0.4 is 5.32 Å². The summed E-state index contributed by atoms with van der Waals surface area (Å²) in [6.07, 6.45) is 6.10.